The van der Waals surface area contributed by atoms with Gasteiger partial charge in [-0.15, -0.1) is 0 Å². The van der Waals surface area contributed by atoms with Crippen LogP contribution in [0.3, 0.4) is 0 Å². The number of hydrogen-bond donors (Lipinski definition) is 0. The summed E-state index contributed by atoms with van der Waals surface area (Å²) in [6.45, 7) is 11.2. The summed E-state index contributed by atoms with van der Waals surface area (Å²) in [6.07, 6.45) is 4.39. The Kier molecular flexibility index (Phi) is 9.24. The molecule has 0 aromatic carbocycles. The van der Waals surface area contributed by atoms with Crippen molar-refractivity contribution in [3.63, 3.8) is 0 Å². The molecule has 1 unspecified atom stereocenters. The van der Waals surface area contributed by atoms with E-state index in [0.717, 1.165) is 17.8 Å². The maximum absolute atomic E-state index is 2.40. The Morgan fingerprint density at radius 2 is 1.17 bits per heavy atom. The molecule has 1 saturated carbocycles. The smallest absolute Gasteiger partial charge is 0.0391 e. The van der Waals surface area contributed by atoms with Gasteiger partial charge in [0.1, 0.15) is 0 Å². The molecule has 0 aromatic heterocycles. The van der Waals surface area contributed by atoms with Gasteiger partial charge in [-0.3, -0.25) is 0 Å². The predicted octanol–water partition coefficient (Wildman–Crippen LogP) is 4.74. The second-order valence-electron chi connectivity index (χ2n) is 3.74. The summed E-state index contributed by atoms with van der Waals surface area (Å²) < 4.78 is 0. The third-order valence-corrected chi connectivity index (χ3v) is 3.11. The van der Waals surface area contributed by atoms with E-state index in [1.165, 1.54) is 19.3 Å². The molecular weight excluding hydrogens is 144 g/mol. The van der Waals surface area contributed by atoms with Crippen molar-refractivity contribution in [2.75, 3.05) is 0 Å². The molecule has 1 aliphatic carbocycles. The lowest BCUT2D eigenvalue weighted by molar-refractivity contribution is 0.197. The fourth-order valence-electron chi connectivity index (χ4n) is 1.85. The zero-order valence-corrected chi connectivity index (χ0v) is 8.85. The Bertz CT molecular complexity index is 76.0. The minimum absolute atomic E-state index is 0. The first-order valence-electron chi connectivity index (χ1n) is 5.22. The molecule has 0 bridgehead atoms. The van der Waals surface area contributed by atoms with Crippen LogP contribution < -0.4 is 0 Å². The Hall–Kier alpha value is 0. The first-order valence-corrected chi connectivity index (χ1v) is 5.22. The minimum Gasteiger partial charge on any atom is -0.0776 e. The average Bonchev–Trinajstić information content (AvgIpc) is 2.04. The molecule has 12 heavy (non-hydrogen) atoms. The largest absolute Gasteiger partial charge is 0.0776 e. The third-order valence-electron chi connectivity index (χ3n) is 3.11. The SMILES string of the molecule is C.CC.CC1[C@H](C)CCC[C@@H]1C. The van der Waals surface area contributed by atoms with Gasteiger partial charge in [-0.05, 0) is 17.8 Å². The molecule has 0 N–H and O–H groups in total. The first-order chi connectivity index (χ1) is 5.22. The summed E-state index contributed by atoms with van der Waals surface area (Å²) in [6, 6.07) is 0. The lowest BCUT2D eigenvalue weighted by Gasteiger charge is -2.31. The van der Waals surface area contributed by atoms with Crippen molar-refractivity contribution in [1.82, 2.24) is 0 Å². The second kappa shape index (κ2) is 7.64. The summed E-state index contributed by atoms with van der Waals surface area (Å²) >= 11 is 0. The van der Waals surface area contributed by atoms with Gasteiger partial charge in [0, 0.05) is 0 Å². The molecule has 1 rings (SSSR count). The van der Waals surface area contributed by atoms with Crippen LogP contribution in [0.15, 0.2) is 0 Å². The molecule has 0 radical (unpaired) electrons. The molecule has 0 heterocycles. The molecule has 0 heteroatoms. The Balaban J connectivity index is 0. The standard InChI is InChI=1S/C9H18.C2H6.CH4/c1-7-5-4-6-8(2)9(7)3;1-2;/h7-9H,4-6H2,1-3H3;1-2H3;1H4/t7-,8+,9?;;. The summed E-state index contributed by atoms with van der Waals surface area (Å²) in [5, 5.41) is 0. The molecule has 0 aliphatic heterocycles. The molecular formula is C12H28. The van der Waals surface area contributed by atoms with Gasteiger partial charge in [-0.2, -0.15) is 0 Å². The van der Waals surface area contributed by atoms with E-state index in [-0.39, 0.29) is 7.43 Å². The van der Waals surface area contributed by atoms with E-state index in [4.69, 9.17) is 0 Å². The van der Waals surface area contributed by atoms with Crippen molar-refractivity contribution < 1.29 is 0 Å². The Morgan fingerprint density at radius 3 is 1.42 bits per heavy atom. The summed E-state index contributed by atoms with van der Waals surface area (Å²) in [4.78, 5) is 0. The van der Waals surface area contributed by atoms with Crippen LogP contribution in [0, 0.1) is 17.8 Å². The van der Waals surface area contributed by atoms with Crippen molar-refractivity contribution in [2.24, 2.45) is 17.8 Å². The van der Waals surface area contributed by atoms with E-state index < -0.39 is 0 Å². The van der Waals surface area contributed by atoms with Gasteiger partial charge in [0.15, 0.2) is 0 Å². The monoisotopic (exact) mass is 172 g/mol. The normalized spacial score (nSPS) is 34.2. The maximum atomic E-state index is 2.40. The number of hydrogen-bond acceptors (Lipinski definition) is 0. The molecule has 0 amide bonds. The van der Waals surface area contributed by atoms with Crippen molar-refractivity contribution in [3.8, 4) is 0 Å². The van der Waals surface area contributed by atoms with Gasteiger partial charge < -0.3 is 0 Å². The Morgan fingerprint density at radius 1 is 0.833 bits per heavy atom. The van der Waals surface area contributed by atoms with E-state index in [9.17, 15) is 0 Å². The average molecular weight is 172 g/mol. The van der Waals surface area contributed by atoms with Gasteiger partial charge in [0.05, 0.1) is 0 Å². The van der Waals surface area contributed by atoms with E-state index in [1.54, 1.807) is 0 Å². The van der Waals surface area contributed by atoms with Crippen LogP contribution in [0.4, 0.5) is 0 Å². The maximum Gasteiger partial charge on any atom is -0.0391 e. The van der Waals surface area contributed by atoms with Crippen LogP contribution in [0.2, 0.25) is 0 Å². The Labute approximate surface area is 79.8 Å². The highest BCUT2D eigenvalue weighted by Crippen LogP contribution is 2.33. The van der Waals surface area contributed by atoms with Gasteiger partial charge in [0.2, 0.25) is 0 Å². The van der Waals surface area contributed by atoms with Crippen LogP contribution in [-0.4, -0.2) is 0 Å². The molecule has 0 aromatic rings. The van der Waals surface area contributed by atoms with Crippen LogP contribution in [0.1, 0.15) is 61.3 Å². The highest BCUT2D eigenvalue weighted by atomic mass is 14.3. The predicted molar refractivity (Wildman–Crippen MR) is 59.4 cm³/mol. The summed E-state index contributed by atoms with van der Waals surface area (Å²) in [7, 11) is 0. The van der Waals surface area contributed by atoms with Gasteiger partial charge in [0.25, 0.3) is 0 Å². The van der Waals surface area contributed by atoms with Crippen molar-refractivity contribution in [1.29, 1.82) is 0 Å². The van der Waals surface area contributed by atoms with Crippen molar-refractivity contribution in [2.45, 2.75) is 61.3 Å². The van der Waals surface area contributed by atoms with Crippen LogP contribution >= 0.6 is 0 Å². The summed E-state index contributed by atoms with van der Waals surface area (Å²) in [5.41, 5.74) is 0. The quantitative estimate of drug-likeness (QED) is 0.495. The van der Waals surface area contributed by atoms with E-state index in [1.807, 2.05) is 13.8 Å². The minimum atomic E-state index is 0. The van der Waals surface area contributed by atoms with E-state index in [0.29, 0.717) is 0 Å². The molecule has 0 spiro atoms. The summed E-state index contributed by atoms with van der Waals surface area (Å²) in [5.74, 6) is 2.93. The van der Waals surface area contributed by atoms with Gasteiger partial charge >= 0.3 is 0 Å². The molecule has 0 nitrogen and oxygen atoms in total. The number of rotatable bonds is 0. The van der Waals surface area contributed by atoms with E-state index in [2.05, 4.69) is 20.8 Å². The molecule has 1 fully saturated rings. The highest BCUT2D eigenvalue weighted by molar-refractivity contribution is 4.73. The van der Waals surface area contributed by atoms with Crippen LogP contribution in [0.25, 0.3) is 0 Å². The molecule has 76 valence electrons. The van der Waals surface area contributed by atoms with Gasteiger partial charge in [-0.25, -0.2) is 0 Å². The fourth-order valence-corrected chi connectivity index (χ4v) is 1.85. The second-order valence-corrected chi connectivity index (χ2v) is 3.74. The third kappa shape index (κ3) is 4.13. The molecule has 3 atom stereocenters. The topological polar surface area (TPSA) is 0 Å². The van der Waals surface area contributed by atoms with Crippen LogP contribution in [-0.2, 0) is 0 Å². The lowest BCUT2D eigenvalue weighted by Crippen LogP contribution is -2.21. The zero-order valence-electron chi connectivity index (χ0n) is 8.85. The first kappa shape index (κ1) is 14.5. The van der Waals surface area contributed by atoms with E-state index >= 15 is 0 Å². The lowest BCUT2D eigenvalue weighted by atomic mass is 9.75. The fraction of sp³-hybridized carbons (Fsp3) is 1.00. The van der Waals surface area contributed by atoms with Crippen molar-refractivity contribution >= 4 is 0 Å². The molecule has 0 saturated heterocycles. The van der Waals surface area contributed by atoms with Crippen molar-refractivity contribution in [3.05, 3.63) is 0 Å². The highest BCUT2D eigenvalue weighted by Gasteiger charge is 2.22. The molecule has 1 aliphatic rings. The van der Waals surface area contributed by atoms with Crippen LogP contribution in [0.5, 0.6) is 0 Å². The van der Waals surface area contributed by atoms with Gasteiger partial charge in [-0.1, -0.05) is 61.3 Å². The zero-order chi connectivity index (χ0) is 8.85.